The van der Waals surface area contributed by atoms with Crippen molar-refractivity contribution in [3.05, 3.63) is 23.5 Å². The molecule has 5 nitrogen and oxygen atoms in total. The summed E-state index contributed by atoms with van der Waals surface area (Å²) >= 11 is 0. The Morgan fingerprint density at radius 1 is 1.83 bits per heavy atom. The lowest BCUT2D eigenvalue weighted by Crippen LogP contribution is -2.17. The van der Waals surface area contributed by atoms with Crippen molar-refractivity contribution in [1.82, 2.24) is 10.4 Å². The highest BCUT2D eigenvalue weighted by atomic mass is 16.1. The molecule has 0 aliphatic carbocycles. The van der Waals surface area contributed by atoms with Crippen LogP contribution in [-0.4, -0.2) is 24.2 Å². The molecule has 0 fully saturated rings. The van der Waals surface area contributed by atoms with Crippen molar-refractivity contribution in [3.8, 4) is 0 Å². The Hall–Kier alpha value is -1.78. The lowest BCUT2D eigenvalue weighted by molar-refractivity contribution is 0.111. The van der Waals surface area contributed by atoms with Gasteiger partial charge in [0.1, 0.15) is 0 Å². The van der Waals surface area contributed by atoms with Gasteiger partial charge in [-0.3, -0.25) is 4.79 Å². The summed E-state index contributed by atoms with van der Waals surface area (Å²) < 4.78 is 0. The quantitative estimate of drug-likeness (QED) is 0.249. The van der Waals surface area contributed by atoms with E-state index < -0.39 is 0 Å². The Labute approximate surface area is 69.7 Å². The van der Waals surface area contributed by atoms with E-state index in [-0.39, 0.29) is 0 Å². The molecule has 0 aromatic carbocycles. The van der Waals surface area contributed by atoms with Gasteiger partial charge in [0.25, 0.3) is 0 Å². The molecule has 0 atom stereocenters. The topological polar surface area (TPSA) is 83.3 Å². The standard InChI is InChI=1S/C7H10N4O/c1-9-11-7(8)5-2-3-10-6(5)4-12/h2-4,9-10H,1H3,(H2,8,11). The second-order valence-corrected chi connectivity index (χ2v) is 2.14. The number of nitrogens with one attached hydrogen (secondary N) is 2. The monoisotopic (exact) mass is 166 g/mol. The average Bonchev–Trinajstić information content (AvgIpc) is 2.51. The molecule has 1 aromatic rings. The second kappa shape index (κ2) is 3.56. The Kier molecular flexibility index (Phi) is 2.47. The molecule has 0 spiro atoms. The molecular weight excluding hydrogens is 156 g/mol. The van der Waals surface area contributed by atoms with Crippen molar-refractivity contribution >= 4 is 12.1 Å². The normalized spacial score (nSPS) is 11.2. The van der Waals surface area contributed by atoms with Crippen LogP contribution < -0.4 is 11.2 Å². The van der Waals surface area contributed by atoms with Crippen LogP contribution in [0.2, 0.25) is 0 Å². The van der Waals surface area contributed by atoms with Crippen molar-refractivity contribution in [2.75, 3.05) is 7.05 Å². The van der Waals surface area contributed by atoms with Gasteiger partial charge in [0, 0.05) is 18.8 Å². The maximum Gasteiger partial charge on any atom is 0.166 e. The fraction of sp³-hybridized carbons (Fsp3) is 0.143. The zero-order chi connectivity index (χ0) is 8.97. The molecule has 0 saturated heterocycles. The predicted octanol–water partition coefficient (Wildman–Crippen LogP) is -0.333. The number of amidine groups is 1. The van der Waals surface area contributed by atoms with E-state index >= 15 is 0 Å². The van der Waals surface area contributed by atoms with Gasteiger partial charge in [-0.25, -0.2) is 0 Å². The first-order valence-corrected chi connectivity index (χ1v) is 3.42. The number of aldehydes is 1. The molecule has 0 amide bonds. The highest BCUT2D eigenvalue weighted by Crippen LogP contribution is 2.02. The van der Waals surface area contributed by atoms with Crippen LogP contribution in [0.3, 0.4) is 0 Å². The van der Waals surface area contributed by atoms with Crippen LogP contribution in [0.5, 0.6) is 0 Å². The van der Waals surface area contributed by atoms with Gasteiger partial charge in [0.15, 0.2) is 12.1 Å². The summed E-state index contributed by atoms with van der Waals surface area (Å²) in [4.78, 5) is 13.2. The summed E-state index contributed by atoms with van der Waals surface area (Å²) in [6.07, 6.45) is 2.34. The molecule has 0 saturated carbocycles. The molecule has 0 radical (unpaired) electrons. The van der Waals surface area contributed by atoms with E-state index in [2.05, 4.69) is 15.5 Å². The summed E-state index contributed by atoms with van der Waals surface area (Å²) in [5.41, 5.74) is 9.12. The smallest absolute Gasteiger partial charge is 0.166 e. The molecule has 1 aromatic heterocycles. The first-order valence-electron chi connectivity index (χ1n) is 3.42. The third-order valence-electron chi connectivity index (χ3n) is 1.41. The van der Waals surface area contributed by atoms with Gasteiger partial charge in [0.05, 0.1) is 5.69 Å². The minimum atomic E-state index is 0.292. The average molecular weight is 166 g/mol. The maximum absolute atomic E-state index is 10.4. The number of aromatic amines is 1. The van der Waals surface area contributed by atoms with Gasteiger partial charge in [-0.2, -0.15) is 5.10 Å². The minimum absolute atomic E-state index is 0.292. The maximum atomic E-state index is 10.4. The first kappa shape index (κ1) is 8.32. The zero-order valence-corrected chi connectivity index (χ0v) is 6.66. The number of hydrogen-bond donors (Lipinski definition) is 3. The Morgan fingerprint density at radius 2 is 2.58 bits per heavy atom. The molecule has 0 bridgehead atoms. The number of carbonyl (C=O) groups excluding carboxylic acids is 1. The van der Waals surface area contributed by atoms with E-state index in [0.29, 0.717) is 23.4 Å². The van der Waals surface area contributed by atoms with Crippen LogP contribution in [0.4, 0.5) is 0 Å². The van der Waals surface area contributed by atoms with Crippen LogP contribution >= 0.6 is 0 Å². The Balaban J connectivity index is 3.01. The van der Waals surface area contributed by atoms with Crippen LogP contribution in [0.25, 0.3) is 0 Å². The molecule has 64 valence electrons. The van der Waals surface area contributed by atoms with Crippen molar-refractivity contribution in [3.63, 3.8) is 0 Å². The van der Waals surface area contributed by atoms with E-state index in [9.17, 15) is 4.79 Å². The summed E-state index contributed by atoms with van der Waals surface area (Å²) in [7, 11) is 1.64. The largest absolute Gasteiger partial charge is 0.382 e. The summed E-state index contributed by atoms with van der Waals surface area (Å²) in [5, 5.41) is 3.74. The fourth-order valence-electron chi connectivity index (χ4n) is 0.884. The molecule has 5 heteroatoms. The molecule has 0 unspecified atom stereocenters. The van der Waals surface area contributed by atoms with Crippen molar-refractivity contribution in [2.45, 2.75) is 0 Å². The van der Waals surface area contributed by atoms with Crippen molar-refractivity contribution in [2.24, 2.45) is 10.8 Å². The number of carbonyl (C=O) groups is 1. The lowest BCUT2D eigenvalue weighted by Gasteiger charge is -1.96. The highest BCUT2D eigenvalue weighted by molar-refractivity contribution is 6.02. The van der Waals surface area contributed by atoms with Gasteiger partial charge < -0.3 is 16.1 Å². The van der Waals surface area contributed by atoms with Crippen molar-refractivity contribution < 1.29 is 4.79 Å². The number of hydrogen-bond acceptors (Lipinski definition) is 3. The van der Waals surface area contributed by atoms with Crippen LogP contribution in [-0.2, 0) is 0 Å². The molecule has 12 heavy (non-hydrogen) atoms. The molecule has 4 N–H and O–H groups in total. The summed E-state index contributed by atoms with van der Waals surface area (Å²) in [6.45, 7) is 0. The molecule has 0 aliphatic rings. The van der Waals surface area contributed by atoms with Crippen molar-refractivity contribution in [1.29, 1.82) is 0 Å². The van der Waals surface area contributed by atoms with Crippen LogP contribution in [0, 0.1) is 0 Å². The number of aromatic nitrogens is 1. The Morgan fingerprint density at radius 3 is 3.17 bits per heavy atom. The second-order valence-electron chi connectivity index (χ2n) is 2.14. The van der Waals surface area contributed by atoms with E-state index in [0.717, 1.165) is 0 Å². The number of nitrogens with two attached hydrogens (primary N) is 1. The van der Waals surface area contributed by atoms with Gasteiger partial charge in [-0.1, -0.05) is 0 Å². The highest BCUT2D eigenvalue weighted by Gasteiger charge is 2.05. The van der Waals surface area contributed by atoms with Gasteiger partial charge in [-0.15, -0.1) is 0 Å². The van der Waals surface area contributed by atoms with E-state index in [4.69, 9.17) is 5.73 Å². The van der Waals surface area contributed by atoms with Crippen LogP contribution in [0.15, 0.2) is 17.4 Å². The lowest BCUT2D eigenvalue weighted by atomic mass is 10.2. The fourth-order valence-corrected chi connectivity index (χ4v) is 0.884. The third kappa shape index (κ3) is 1.45. The first-order chi connectivity index (χ1) is 5.79. The summed E-state index contributed by atoms with van der Waals surface area (Å²) in [5.74, 6) is 0.292. The van der Waals surface area contributed by atoms with E-state index in [1.165, 1.54) is 0 Å². The molecule has 1 rings (SSSR count). The summed E-state index contributed by atoms with van der Waals surface area (Å²) in [6, 6.07) is 1.69. The number of nitrogens with zero attached hydrogens (tertiary/aromatic N) is 1. The number of hydrazone groups is 1. The SMILES string of the molecule is CN/N=C(/N)c1cc[nH]c1C=O. The minimum Gasteiger partial charge on any atom is -0.382 e. The Bertz CT molecular complexity index is 302. The van der Waals surface area contributed by atoms with Crippen LogP contribution in [0.1, 0.15) is 16.1 Å². The number of rotatable bonds is 3. The zero-order valence-electron chi connectivity index (χ0n) is 6.66. The molecular formula is C7H10N4O. The number of H-pyrrole nitrogens is 1. The van der Waals surface area contributed by atoms with E-state index in [1.807, 2.05) is 0 Å². The van der Waals surface area contributed by atoms with Gasteiger partial charge >= 0.3 is 0 Å². The predicted molar refractivity (Wildman–Crippen MR) is 46.0 cm³/mol. The van der Waals surface area contributed by atoms with Gasteiger partial charge in [-0.05, 0) is 6.07 Å². The molecule has 1 heterocycles. The molecule has 0 aliphatic heterocycles. The third-order valence-corrected chi connectivity index (χ3v) is 1.41. The van der Waals surface area contributed by atoms with Gasteiger partial charge in [0.2, 0.25) is 0 Å². The van der Waals surface area contributed by atoms with E-state index in [1.54, 1.807) is 19.3 Å².